The van der Waals surface area contributed by atoms with Gasteiger partial charge in [-0.1, -0.05) is 48.0 Å². The molecule has 1 aliphatic rings. The molecule has 1 fully saturated rings. The minimum Gasteiger partial charge on any atom is -0.394 e. The van der Waals surface area contributed by atoms with Gasteiger partial charge in [-0.15, -0.1) is 0 Å². The van der Waals surface area contributed by atoms with E-state index >= 15 is 0 Å². The van der Waals surface area contributed by atoms with Crippen LogP contribution in [0.3, 0.4) is 0 Å². The number of benzene rings is 2. The van der Waals surface area contributed by atoms with E-state index in [0.29, 0.717) is 29.8 Å². The Hall–Kier alpha value is -3.80. The minimum atomic E-state index is -0.789. The number of piperidine rings is 1. The number of nitrogens with one attached hydrogen (secondary N) is 3. The molecule has 0 bridgehead atoms. The lowest BCUT2D eigenvalue weighted by Gasteiger charge is -2.32. The topological polar surface area (TPSA) is 130 Å². The molecule has 0 aliphatic carbocycles. The second kappa shape index (κ2) is 14.6. The highest BCUT2D eigenvalue weighted by atomic mass is 35.5. The summed E-state index contributed by atoms with van der Waals surface area (Å²) in [6, 6.07) is 16.3. The third-order valence-corrected chi connectivity index (χ3v) is 7.83. The Balaban J connectivity index is 1.07. The van der Waals surface area contributed by atoms with Gasteiger partial charge in [-0.05, 0) is 43.7 Å². The van der Waals surface area contributed by atoms with Crippen molar-refractivity contribution < 1.29 is 15.0 Å². The van der Waals surface area contributed by atoms with Gasteiger partial charge in [-0.2, -0.15) is 0 Å². The zero-order valence-electron chi connectivity index (χ0n) is 24.2. The maximum atomic E-state index is 12.2. The molecule has 0 saturated carbocycles. The molecule has 1 atom stereocenters. The summed E-state index contributed by atoms with van der Waals surface area (Å²) in [5, 5.41) is 26.4. The van der Waals surface area contributed by atoms with Crippen LogP contribution < -0.4 is 10.6 Å². The van der Waals surface area contributed by atoms with Gasteiger partial charge in [0.15, 0.2) is 0 Å². The lowest BCUT2D eigenvalue weighted by molar-refractivity contribution is -0.111. The molecule has 43 heavy (non-hydrogen) atoms. The molecule has 11 heteroatoms. The third kappa shape index (κ3) is 8.40. The number of hydrogen-bond donors (Lipinski definition) is 5. The van der Waals surface area contributed by atoms with Gasteiger partial charge >= 0.3 is 0 Å². The largest absolute Gasteiger partial charge is 0.394 e. The molecule has 1 aliphatic heterocycles. The molecule has 5 N–H and O–H groups in total. The smallest absolute Gasteiger partial charge is 0.248 e. The summed E-state index contributed by atoms with van der Waals surface area (Å²) in [6.45, 7) is 3.29. The van der Waals surface area contributed by atoms with Gasteiger partial charge in [0.25, 0.3) is 0 Å². The highest BCUT2D eigenvalue weighted by Crippen LogP contribution is 2.32. The first-order valence-corrected chi connectivity index (χ1v) is 14.9. The number of aromatic amines is 1. The first-order chi connectivity index (χ1) is 20.9. The highest BCUT2D eigenvalue weighted by molar-refractivity contribution is 6.33. The Morgan fingerprint density at radius 1 is 1.21 bits per heavy atom. The van der Waals surface area contributed by atoms with Crippen molar-refractivity contribution in [2.45, 2.75) is 31.5 Å². The van der Waals surface area contributed by atoms with Gasteiger partial charge in [-0.25, -0.2) is 9.97 Å². The summed E-state index contributed by atoms with van der Waals surface area (Å²) in [4.78, 5) is 29.0. The monoisotopic (exact) mass is 603 g/mol. The number of aliphatic hydroxyl groups excluding tert-OH is 2. The van der Waals surface area contributed by atoms with Crippen LogP contribution in [-0.2, 0) is 11.3 Å². The van der Waals surface area contributed by atoms with Crippen molar-refractivity contribution in [3.63, 3.8) is 0 Å². The normalized spacial score (nSPS) is 15.4. The van der Waals surface area contributed by atoms with E-state index in [2.05, 4.69) is 31.6 Å². The van der Waals surface area contributed by atoms with Gasteiger partial charge in [0.2, 0.25) is 11.9 Å². The predicted octanol–water partition coefficient (Wildman–Crippen LogP) is 4.13. The van der Waals surface area contributed by atoms with Gasteiger partial charge in [0, 0.05) is 73.2 Å². The lowest BCUT2D eigenvalue weighted by atomic mass is 10.0. The quantitative estimate of drug-likeness (QED) is 0.153. The number of likely N-dealkylation sites (tertiary alicyclic amines) is 1. The molecule has 5 rings (SSSR count). The van der Waals surface area contributed by atoms with Crippen LogP contribution in [-0.4, -0.2) is 92.9 Å². The number of carbonyl (C=O) groups is 1. The summed E-state index contributed by atoms with van der Waals surface area (Å²) < 4.78 is 0. The SMILES string of the molecule is CN(C/C=C/C(=O)Nc1ccc(CN2CCC(Nc3ncc(Cl)c(-c4c[nH]c5ccccc45)n3)CC2)cc1)CC(O)CO. The van der Waals surface area contributed by atoms with Crippen molar-refractivity contribution in [3.05, 3.63) is 83.7 Å². The highest BCUT2D eigenvalue weighted by Gasteiger charge is 2.21. The van der Waals surface area contributed by atoms with E-state index in [4.69, 9.17) is 21.7 Å². The number of rotatable bonds is 12. The molecule has 2 aromatic carbocycles. The van der Waals surface area contributed by atoms with Crippen LogP contribution >= 0.6 is 11.6 Å². The zero-order valence-corrected chi connectivity index (χ0v) is 25.0. The standard InChI is InChI=1S/C32H38ClN7O3/c1-39(20-25(42)21-41)14-4-7-30(43)36-23-10-8-22(9-11-23)19-40-15-12-24(13-16-40)37-32-35-18-28(33)31(38-32)27-17-34-29-6-3-2-5-26(27)29/h2-11,17-18,24-25,34,41-42H,12-16,19-21H2,1H3,(H,36,43)(H,35,37,38)/b7-4+. The van der Waals surface area contributed by atoms with Crippen molar-refractivity contribution in [2.24, 2.45) is 0 Å². The molecular weight excluding hydrogens is 566 g/mol. The number of hydrogen-bond acceptors (Lipinski definition) is 8. The number of aromatic nitrogens is 3. The molecule has 1 amide bonds. The fourth-order valence-electron chi connectivity index (χ4n) is 5.28. The van der Waals surface area contributed by atoms with E-state index in [0.717, 1.165) is 54.6 Å². The zero-order chi connectivity index (χ0) is 30.2. The van der Waals surface area contributed by atoms with Gasteiger partial charge in [0.05, 0.1) is 29.6 Å². The predicted molar refractivity (Wildman–Crippen MR) is 171 cm³/mol. The molecule has 1 unspecified atom stereocenters. The Morgan fingerprint density at radius 3 is 2.74 bits per heavy atom. The Morgan fingerprint density at radius 2 is 1.98 bits per heavy atom. The van der Waals surface area contributed by atoms with Crippen LogP contribution in [0.5, 0.6) is 0 Å². The summed E-state index contributed by atoms with van der Waals surface area (Å²) in [5.74, 6) is 0.375. The second-order valence-electron chi connectivity index (χ2n) is 11.0. The summed E-state index contributed by atoms with van der Waals surface area (Å²) in [7, 11) is 1.81. The molecule has 1 saturated heterocycles. The number of amides is 1. The van der Waals surface area contributed by atoms with Crippen LogP contribution in [0.15, 0.2) is 73.1 Å². The number of carbonyl (C=O) groups excluding carboxylic acids is 1. The van der Waals surface area contributed by atoms with Gasteiger partial charge in [0.1, 0.15) is 0 Å². The van der Waals surface area contributed by atoms with Crippen molar-refractivity contribution >= 4 is 40.0 Å². The van der Waals surface area contributed by atoms with E-state index in [9.17, 15) is 9.90 Å². The molecule has 226 valence electrons. The van der Waals surface area contributed by atoms with Crippen LogP contribution in [0.25, 0.3) is 22.2 Å². The number of nitrogens with zero attached hydrogens (tertiary/aromatic N) is 4. The van der Waals surface area contributed by atoms with E-state index in [-0.39, 0.29) is 18.6 Å². The molecule has 4 aromatic rings. The first kappa shape index (κ1) is 30.7. The maximum Gasteiger partial charge on any atom is 0.248 e. The van der Waals surface area contributed by atoms with Crippen molar-refractivity contribution in [2.75, 3.05) is 50.5 Å². The summed E-state index contributed by atoms with van der Waals surface area (Å²) in [5.41, 5.74) is 4.64. The van der Waals surface area contributed by atoms with Crippen molar-refractivity contribution in [1.82, 2.24) is 24.8 Å². The number of H-pyrrole nitrogens is 1. The molecule has 3 heterocycles. The number of likely N-dealkylation sites (N-methyl/N-ethyl adjacent to an activating group) is 1. The number of para-hydroxylation sites is 1. The molecule has 0 spiro atoms. The van der Waals surface area contributed by atoms with Crippen LogP contribution in [0.1, 0.15) is 18.4 Å². The van der Waals surface area contributed by atoms with Crippen LogP contribution in [0.2, 0.25) is 5.02 Å². The van der Waals surface area contributed by atoms with Gasteiger partial charge in [-0.3, -0.25) is 9.69 Å². The third-order valence-electron chi connectivity index (χ3n) is 7.56. The number of aliphatic hydroxyl groups is 2. The fraction of sp³-hybridized carbons (Fsp3) is 0.344. The average Bonchev–Trinajstić information content (AvgIpc) is 3.44. The molecular formula is C32H38ClN7O3. The van der Waals surface area contributed by atoms with Crippen molar-refractivity contribution in [3.8, 4) is 11.3 Å². The van der Waals surface area contributed by atoms with E-state index < -0.39 is 6.10 Å². The summed E-state index contributed by atoms with van der Waals surface area (Å²) >= 11 is 6.50. The maximum absolute atomic E-state index is 12.2. The Kier molecular flexibility index (Phi) is 10.4. The van der Waals surface area contributed by atoms with Crippen molar-refractivity contribution in [1.29, 1.82) is 0 Å². The molecule has 2 aromatic heterocycles. The number of fused-ring (bicyclic) bond motifs is 1. The second-order valence-corrected chi connectivity index (χ2v) is 11.4. The number of anilines is 2. The minimum absolute atomic E-state index is 0.211. The van der Waals surface area contributed by atoms with Crippen LogP contribution in [0.4, 0.5) is 11.6 Å². The average molecular weight is 604 g/mol. The van der Waals surface area contributed by atoms with E-state index in [1.165, 1.54) is 11.6 Å². The Bertz CT molecular complexity index is 1530. The van der Waals surface area contributed by atoms with Crippen LogP contribution in [0, 0.1) is 0 Å². The molecule has 0 radical (unpaired) electrons. The number of halogens is 1. The van der Waals surface area contributed by atoms with E-state index in [1.807, 2.05) is 60.6 Å². The summed E-state index contributed by atoms with van der Waals surface area (Å²) in [6.07, 6.45) is 7.97. The fourth-order valence-corrected chi connectivity index (χ4v) is 5.47. The molecule has 10 nitrogen and oxygen atoms in total. The van der Waals surface area contributed by atoms with Gasteiger partial charge < -0.3 is 30.7 Å². The first-order valence-electron chi connectivity index (χ1n) is 14.5. The van der Waals surface area contributed by atoms with E-state index in [1.54, 1.807) is 12.3 Å². The lowest BCUT2D eigenvalue weighted by Crippen LogP contribution is -2.39. The Labute approximate surface area is 256 Å².